The molecular formula is C37H34F2N4O. The lowest BCUT2D eigenvalue weighted by atomic mass is 9.85. The van der Waals surface area contributed by atoms with Gasteiger partial charge in [-0.15, -0.1) is 0 Å². The van der Waals surface area contributed by atoms with Crippen molar-refractivity contribution in [3.8, 4) is 23.0 Å². The summed E-state index contributed by atoms with van der Waals surface area (Å²) in [7, 11) is 0. The molecule has 5 nitrogen and oxygen atoms in total. The highest BCUT2D eigenvalue weighted by Gasteiger charge is 2.34. The maximum absolute atomic E-state index is 14.9. The van der Waals surface area contributed by atoms with Gasteiger partial charge >= 0.3 is 0 Å². The van der Waals surface area contributed by atoms with Crippen molar-refractivity contribution in [2.45, 2.75) is 58.5 Å². The summed E-state index contributed by atoms with van der Waals surface area (Å²) in [5.41, 5.74) is 6.08. The molecule has 7 heteroatoms. The minimum atomic E-state index is -1.26. The maximum atomic E-state index is 14.9. The second-order valence-electron chi connectivity index (χ2n) is 11.6. The largest absolute Gasteiger partial charge is 0.457 e. The summed E-state index contributed by atoms with van der Waals surface area (Å²) < 4.78 is 40.0. The molecule has 1 unspecified atom stereocenters. The number of aryl methyl sites for hydroxylation is 2. The van der Waals surface area contributed by atoms with Gasteiger partial charge in [0, 0.05) is 40.4 Å². The van der Waals surface area contributed by atoms with E-state index in [1.807, 2.05) is 56.4 Å². The first-order valence-electron chi connectivity index (χ1n) is 15.3. The Morgan fingerprint density at radius 2 is 1.73 bits per heavy atom. The van der Waals surface area contributed by atoms with Crippen molar-refractivity contribution < 1.29 is 13.5 Å². The number of para-hydroxylation sites is 1. The molecule has 0 bridgehead atoms. The highest BCUT2D eigenvalue weighted by molar-refractivity contribution is 6.09. The second kappa shape index (κ2) is 11.4. The van der Waals surface area contributed by atoms with Crippen LogP contribution in [0.2, 0.25) is 0 Å². The third-order valence-electron chi connectivity index (χ3n) is 8.62. The lowest BCUT2D eigenvalue weighted by molar-refractivity contribution is 0.251. The van der Waals surface area contributed by atoms with E-state index in [0.29, 0.717) is 35.6 Å². The van der Waals surface area contributed by atoms with Gasteiger partial charge < -0.3 is 4.74 Å². The van der Waals surface area contributed by atoms with Crippen LogP contribution in [0, 0.1) is 13.8 Å². The second-order valence-corrected chi connectivity index (χ2v) is 11.6. The Morgan fingerprint density at radius 3 is 2.57 bits per heavy atom. The van der Waals surface area contributed by atoms with E-state index in [-0.39, 0.29) is 0 Å². The number of halogens is 2. The zero-order chi connectivity index (χ0) is 30.4. The highest BCUT2D eigenvalue weighted by atomic mass is 19.1. The Morgan fingerprint density at radius 1 is 0.909 bits per heavy atom. The third kappa shape index (κ3) is 4.86. The molecule has 0 saturated carbocycles. The monoisotopic (exact) mass is 588 g/mol. The van der Waals surface area contributed by atoms with E-state index in [0.717, 1.165) is 51.8 Å². The number of ether oxygens (including phenoxy) is 1. The number of aromatic nitrogens is 4. The molecule has 0 amide bonds. The molecule has 222 valence electrons. The molecule has 3 aromatic heterocycles. The lowest BCUT2D eigenvalue weighted by Crippen LogP contribution is -2.19. The van der Waals surface area contributed by atoms with E-state index < -0.39 is 17.9 Å². The predicted molar refractivity (Wildman–Crippen MR) is 172 cm³/mol. The van der Waals surface area contributed by atoms with Crippen molar-refractivity contribution in [2.24, 2.45) is 0 Å². The number of hydrogen-bond acceptors (Lipinski definition) is 3. The van der Waals surface area contributed by atoms with E-state index in [1.165, 1.54) is 11.6 Å². The van der Waals surface area contributed by atoms with Crippen molar-refractivity contribution >= 4 is 21.8 Å². The van der Waals surface area contributed by atoms with Crippen LogP contribution in [0.3, 0.4) is 0 Å². The first-order valence-corrected chi connectivity index (χ1v) is 15.3. The molecule has 0 N–H and O–H groups in total. The van der Waals surface area contributed by atoms with Gasteiger partial charge in [0.15, 0.2) is 0 Å². The van der Waals surface area contributed by atoms with Crippen LogP contribution in [0.1, 0.15) is 54.6 Å². The molecule has 0 fully saturated rings. The fourth-order valence-corrected chi connectivity index (χ4v) is 6.62. The third-order valence-corrected chi connectivity index (χ3v) is 8.62. The van der Waals surface area contributed by atoms with E-state index in [4.69, 9.17) is 14.8 Å². The average molecular weight is 589 g/mol. The average Bonchev–Trinajstić information content (AvgIpc) is 3.50. The topological polar surface area (TPSA) is 44.9 Å². The van der Waals surface area contributed by atoms with Gasteiger partial charge in [-0.3, -0.25) is 4.57 Å². The van der Waals surface area contributed by atoms with Crippen LogP contribution in [0.25, 0.3) is 33.3 Å². The Hall–Kier alpha value is -4.78. The van der Waals surface area contributed by atoms with Gasteiger partial charge in [-0.25, -0.2) is 18.4 Å². The highest BCUT2D eigenvalue weighted by Crippen LogP contribution is 2.41. The zero-order valence-electron chi connectivity index (χ0n) is 25.1. The lowest BCUT2D eigenvalue weighted by Gasteiger charge is -2.24. The van der Waals surface area contributed by atoms with Gasteiger partial charge in [0.2, 0.25) is 0 Å². The molecule has 3 aromatic carbocycles. The number of benzene rings is 3. The number of pyridine rings is 1. The van der Waals surface area contributed by atoms with Crippen LogP contribution >= 0.6 is 0 Å². The number of rotatable bonds is 7. The summed E-state index contributed by atoms with van der Waals surface area (Å²) in [5, 5.41) is 6.97. The summed E-state index contributed by atoms with van der Waals surface area (Å²) in [5.74, 6) is 0.876. The standard InChI is InChI=1S/C37H34F2N4O/c1-4-9-25-18-19-40-35(20-25)42-33-15-6-5-12-29(33)30-17-16-28(22-34(30)42)44-27-11-7-10-26(21-27)43-24(3)36(23(2)41-43)37-31(38)13-8-14-32(37)39/h5-7,10-13,15-22,32,37H,4,8-9,14H2,1-3H3/t32-,37?/m0/s1. The van der Waals surface area contributed by atoms with Gasteiger partial charge in [-0.1, -0.05) is 43.7 Å². The van der Waals surface area contributed by atoms with Crippen molar-refractivity contribution in [1.82, 2.24) is 19.3 Å². The predicted octanol–water partition coefficient (Wildman–Crippen LogP) is 9.79. The number of nitrogens with zero attached hydrogens (tertiary/aromatic N) is 4. The Kier molecular flexibility index (Phi) is 7.24. The van der Waals surface area contributed by atoms with Crippen LogP contribution in [-0.2, 0) is 6.42 Å². The van der Waals surface area contributed by atoms with Gasteiger partial charge in [0.1, 0.15) is 29.3 Å². The van der Waals surface area contributed by atoms with Crippen LogP contribution in [0.4, 0.5) is 8.78 Å². The molecular weight excluding hydrogens is 554 g/mol. The van der Waals surface area contributed by atoms with Gasteiger partial charge in [0.25, 0.3) is 0 Å². The van der Waals surface area contributed by atoms with Crippen LogP contribution in [-0.4, -0.2) is 25.5 Å². The summed E-state index contributed by atoms with van der Waals surface area (Å²) in [6.45, 7) is 5.86. The zero-order valence-corrected chi connectivity index (χ0v) is 25.1. The molecule has 44 heavy (non-hydrogen) atoms. The molecule has 0 saturated heterocycles. The first-order chi connectivity index (χ1) is 21.4. The maximum Gasteiger partial charge on any atom is 0.137 e. The Labute approximate surface area is 255 Å². The molecule has 1 aliphatic carbocycles. The summed E-state index contributed by atoms with van der Waals surface area (Å²) in [6.07, 6.45) is 4.91. The molecule has 3 heterocycles. The quantitative estimate of drug-likeness (QED) is 0.186. The number of allylic oxidation sites excluding steroid dienone is 2. The normalized spacial score (nSPS) is 16.9. The molecule has 0 radical (unpaired) electrons. The van der Waals surface area contributed by atoms with Crippen molar-refractivity contribution in [1.29, 1.82) is 0 Å². The molecule has 2 atom stereocenters. The molecule has 0 spiro atoms. The fourth-order valence-electron chi connectivity index (χ4n) is 6.62. The fraction of sp³-hybridized carbons (Fsp3) is 0.243. The van der Waals surface area contributed by atoms with Gasteiger partial charge in [-0.2, -0.15) is 5.10 Å². The van der Waals surface area contributed by atoms with Gasteiger partial charge in [-0.05, 0) is 81.1 Å². The molecule has 0 aliphatic heterocycles. The van der Waals surface area contributed by atoms with E-state index >= 15 is 0 Å². The summed E-state index contributed by atoms with van der Waals surface area (Å²) in [4.78, 5) is 4.75. The van der Waals surface area contributed by atoms with E-state index in [2.05, 4.69) is 54.0 Å². The molecule has 6 aromatic rings. The summed E-state index contributed by atoms with van der Waals surface area (Å²) in [6, 6.07) is 26.3. The van der Waals surface area contributed by atoms with Gasteiger partial charge in [0.05, 0.1) is 28.3 Å². The summed E-state index contributed by atoms with van der Waals surface area (Å²) >= 11 is 0. The van der Waals surface area contributed by atoms with E-state index in [9.17, 15) is 8.78 Å². The number of alkyl halides is 1. The van der Waals surface area contributed by atoms with Crippen LogP contribution in [0.5, 0.6) is 11.5 Å². The molecule has 1 aliphatic rings. The van der Waals surface area contributed by atoms with E-state index in [1.54, 1.807) is 4.68 Å². The minimum Gasteiger partial charge on any atom is -0.457 e. The Bertz CT molecular complexity index is 2040. The van der Waals surface area contributed by atoms with Crippen molar-refractivity contribution in [2.75, 3.05) is 0 Å². The first kappa shape index (κ1) is 28.0. The van der Waals surface area contributed by atoms with Crippen molar-refractivity contribution in [3.05, 3.63) is 119 Å². The number of fused-ring (bicyclic) bond motifs is 3. The van der Waals surface area contributed by atoms with Crippen molar-refractivity contribution in [3.63, 3.8) is 0 Å². The Balaban J connectivity index is 1.26. The smallest absolute Gasteiger partial charge is 0.137 e. The van der Waals surface area contributed by atoms with Crippen LogP contribution in [0.15, 0.2) is 97.0 Å². The number of hydrogen-bond donors (Lipinski definition) is 0. The molecule has 7 rings (SSSR count). The minimum absolute atomic E-state index is 0.314. The SMILES string of the molecule is CCCc1ccnc(-n2c3ccccc3c3ccc(Oc4cccc(-n5nc(C)c(C6C(F)=CCC[C@@H]6F)c5C)c4)cc32)c1. The van der Waals surface area contributed by atoms with Crippen LogP contribution < -0.4 is 4.74 Å².